The maximum atomic E-state index is 13.0. The number of halogens is 1. The van der Waals surface area contributed by atoms with Gasteiger partial charge in [-0.2, -0.15) is 0 Å². The second kappa shape index (κ2) is 3.65. The van der Waals surface area contributed by atoms with E-state index in [0.29, 0.717) is 5.56 Å². The van der Waals surface area contributed by atoms with Crippen LogP contribution in [0.1, 0.15) is 16.7 Å². The van der Waals surface area contributed by atoms with E-state index in [1.807, 2.05) is 0 Å². The molecule has 0 heterocycles. The lowest BCUT2D eigenvalue weighted by Crippen LogP contribution is -1.99. The summed E-state index contributed by atoms with van der Waals surface area (Å²) in [6, 6.07) is 3.00. The van der Waals surface area contributed by atoms with Gasteiger partial charge in [0.05, 0.1) is 13.2 Å². The third-order valence-electron chi connectivity index (χ3n) is 1.76. The molecule has 0 aliphatic carbocycles. The van der Waals surface area contributed by atoms with Gasteiger partial charge in [0, 0.05) is 5.56 Å². The van der Waals surface area contributed by atoms with Gasteiger partial charge in [0.1, 0.15) is 5.82 Å². The minimum atomic E-state index is -0.457. The van der Waals surface area contributed by atoms with Crippen LogP contribution in [0.2, 0.25) is 0 Å². The molecule has 1 aromatic carbocycles. The molecule has 0 aliphatic rings. The molecule has 2 N–H and O–H groups in total. The largest absolute Gasteiger partial charge is 0.392 e. The molecule has 0 aromatic heterocycles. The van der Waals surface area contributed by atoms with E-state index in [0.717, 1.165) is 5.56 Å². The normalized spacial score (nSPS) is 10.3. The van der Waals surface area contributed by atoms with Crippen molar-refractivity contribution in [1.29, 1.82) is 0 Å². The van der Waals surface area contributed by atoms with Gasteiger partial charge in [-0.1, -0.05) is 6.07 Å². The maximum absolute atomic E-state index is 13.0. The summed E-state index contributed by atoms with van der Waals surface area (Å²) in [5, 5.41) is 17.6. The van der Waals surface area contributed by atoms with Gasteiger partial charge in [0.2, 0.25) is 0 Å². The molecule has 66 valence electrons. The fourth-order valence-corrected chi connectivity index (χ4v) is 1.16. The minimum absolute atomic E-state index is 0.183. The van der Waals surface area contributed by atoms with E-state index in [1.165, 1.54) is 6.07 Å². The Morgan fingerprint density at radius 2 is 1.92 bits per heavy atom. The van der Waals surface area contributed by atoms with Crippen molar-refractivity contribution in [3.63, 3.8) is 0 Å². The Labute approximate surface area is 70.3 Å². The van der Waals surface area contributed by atoms with Gasteiger partial charge in [-0.25, -0.2) is 4.39 Å². The van der Waals surface area contributed by atoms with Gasteiger partial charge in [-0.05, 0) is 24.1 Å². The molecule has 0 aliphatic heterocycles. The topological polar surface area (TPSA) is 40.5 Å². The summed E-state index contributed by atoms with van der Waals surface area (Å²) in [4.78, 5) is 0. The SMILES string of the molecule is Cc1cc(F)c(CO)c(CO)c1. The van der Waals surface area contributed by atoms with Gasteiger partial charge in [0.15, 0.2) is 0 Å². The first kappa shape index (κ1) is 9.16. The third-order valence-corrected chi connectivity index (χ3v) is 1.76. The van der Waals surface area contributed by atoms with Crippen molar-refractivity contribution in [2.24, 2.45) is 0 Å². The summed E-state index contributed by atoms with van der Waals surface area (Å²) < 4.78 is 13.0. The fourth-order valence-electron chi connectivity index (χ4n) is 1.16. The van der Waals surface area contributed by atoms with Crippen LogP contribution in [0.3, 0.4) is 0 Å². The first-order chi connectivity index (χ1) is 5.69. The van der Waals surface area contributed by atoms with Gasteiger partial charge in [0.25, 0.3) is 0 Å². The lowest BCUT2D eigenvalue weighted by molar-refractivity contribution is 0.255. The molecule has 0 bridgehead atoms. The highest BCUT2D eigenvalue weighted by molar-refractivity contribution is 5.31. The molecule has 1 rings (SSSR count). The van der Waals surface area contributed by atoms with E-state index in [-0.39, 0.29) is 18.8 Å². The van der Waals surface area contributed by atoms with Crippen molar-refractivity contribution < 1.29 is 14.6 Å². The third kappa shape index (κ3) is 1.62. The van der Waals surface area contributed by atoms with Crippen molar-refractivity contribution in [2.45, 2.75) is 20.1 Å². The van der Waals surface area contributed by atoms with Crippen LogP contribution in [0.4, 0.5) is 4.39 Å². The summed E-state index contributed by atoms with van der Waals surface area (Å²) in [6.07, 6.45) is 0. The van der Waals surface area contributed by atoms with E-state index in [2.05, 4.69) is 0 Å². The summed E-state index contributed by atoms with van der Waals surface area (Å²) in [5.41, 5.74) is 1.38. The maximum Gasteiger partial charge on any atom is 0.129 e. The standard InChI is InChI=1S/C9H11FO2/c1-6-2-7(4-11)8(5-12)9(10)3-6/h2-3,11-12H,4-5H2,1H3. The number of aliphatic hydroxyl groups excluding tert-OH is 2. The van der Waals surface area contributed by atoms with Gasteiger partial charge in [-0.3, -0.25) is 0 Å². The molecule has 0 saturated heterocycles. The van der Waals surface area contributed by atoms with Crippen LogP contribution in [0.15, 0.2) is 12.1 Å². The Bertz CT molecular complexity index is 284. The Kier molecular flexibility index (Phi) is 2.78. The van der Waals surface area contributed by atoms with Crippen molar-refractivity contribution >= 4 is 0 Å². The lowest BCUT2D eigenvalue weighted by Gasteiger charge is -2.06. The number of hydrogen-bond donors (Lipinski definition) is 2. The quantitative estimate of drug-likeness (QED) is 0.698. The molecular weight excluding hydrogens is 159 g/mol. The number of aryl methyl sites for hydroxylation is 1. The molecule has 12 heavy (non-hydrogen) atoms. The molecule has 3 heteroatoms. The molecule has 2 nitrogen and oxygen atoms in total. The molecule has 0 unspecified atom stereocenters. The van der Waals surface area contributed by atoms with Crippen LogP contribution in [0.5, 0.6) is 0 Å². The highest BCUT2D eigenvalue weighted by atomic mass is 19.1. The smallest absolute Gasteiger partial charge is 0.129 e. The van der Waals surface area contributed by atoms with Crippen molar-refractivity contribution in [3.05, 3.63) is 34.6 Å². The second-order valence-electron chi connectivity index (χ2n) is 2.70. The molecule has 0 atom stereocenters. The summed E-state index contributed by atoms with van der Waals surface area (Å²) >= 11 is 0. The first-order valence-corrected chi connectivity index (χ1v) is 3.68. The van der Waals surface area contributed by atoms with E-state index >= 15 is 0 Å². The number of rotatable bonds is 2. The van der Waals surface area contributed by atoms with E-state index in [4.69, 9.17) is 10.2 Å². The average Bonchev–Trinajstić information content (AvgIpc) is 2.03. The first-order valence-electron chi connectivity index (χ1n) is 3.68. The van der Waals surface area contributed by atoms with Crippen LogP contribution >= 0.6 is 0 Å². The highest BCUT2D eigenvalue weighted by Crippen LogP contribution is 2.16. The molecule has 0 radical (unpaired) electrons. The summed E-state index contributed by atoms with van der Waals surface area (Å²) in [6.45, 7) is 1.12. The predicted octanol–water partition coefficient (Wildman–Crippen LogP) is 1.12. The predicted molar refractivity (Wildman–Crippen MR) is 43.0 cm³/mol. The summed E-state index contributed by atoms with van der Waals surface area (Å²) in [7, 11) is 0. The van der Waals surface area contributed by atoms with Crippen LogP contribution in [-0.4, -0.2) is 10.2 Å². The zero-order valence-corrected chi connectivity index (χ0v) is 6.84. The van der Waals surface area contributed by atoms with Crippen LogP contribution in [0, 0.1) is 12.7 Å². The zero-order valence-electron chi connectivity index (χ0n) is 6.84. The Morgan fingerprint density at radius 3 is 2.42 bits per heavy atom. The number of aliphatic hydroxyl groups is 2. The Balaban J connectivity index is 3.24. The zero-order chi connectivity index (χ0) is 9.14. The number of hydrogen-bond acceptors (Lipinski definition) is 2. The van der Waals surface area contributed by atoms with E-state index in [1.54, 1.807) is 13.0 Å². The van der Waals surface area contributed by atoms with E-state index in [9.17, 15) is 4.39 Å². The molecule has 0 fully saturated rings. The fraction of sp³-hybridized carbons (Fsp3) is 0.333. The van der Waals surface area contributed by atoms with Gasteiger partial charge >= 0.3 is 0 Å². The van der Waals surface area contributed by atoms with Crippen molar-refractivity contribution in [2.75, 3.05) is 0 Å². The van der Waals surface area contributed by atoms with Gasteiger partial charge < -0.3 is 10.2 Å². The number of benzene rings is 1. The molecule has 0 saturated carbocycles. The Hall–Kier alpha value is -0.930. The van der Waals surface area contributed by atoms with Crippen molar-refractivity contribution in [3.8, 4) is 0 Å². The van der Waals surface area contributed by atoms with Crippen LogP contribution in [0.25, 0.3) is 0 Å². The average molecular weight is 170 g/mol. The van der Waals surface area contributed by atoms with Crippen molar-refractivity contribution in [1.82, 2.24) is 0 Å². The minimum Gasteiger partial charge on any atom is -0.392 e. The van der Waals surface area contributed by atoms with Crippen LogP contribution in [-0.2, 0) is 13.2 Å². The molecular formula is C9H11FO2. The molecule has 0 amide bonds. The van der Waals surface area contributed by atoms with Gasteiger partial charge in [-0.15, -0.1) is 0 Å². The Morgan fingerprint density at radius 1 is 1.25 bits per heavy atom. The summed E-state index contributed by atoms with van der Waals surface area (Å²) in [5.74, 6) is -0.457. The molecule has 0 spiro atoms. The molecule has 1 aromatic rings. The monoisotopic (exact) mass is 170 g/mol. The van der Waals surface area contributed by atoms with Crippen LogP contribution < -0.4 is 0 Å². The lowest BCUT2D eigenvalue weighted by atomic mass is 10.1. The second-order valence-corrected chi connectivity index (χ2v) is 2.70. The highest BCUT2D eigenvalue weighted by Gasteiger charge is 2.07. The van der Waals surface area contributed by atoms with E-state index < -0.39 is 5.82 Å².